The number of quaternary nitrogens is 1. The first-order chi connectivity index (χ1) is 43.4. The number of hydrogen-bond donors (Lipinski definition) is 2. The fraction of sp³-hybridized carbons (Fsp3) is 0.823. The van der Waals surface area contributed by atoms with Gasteiger partial charge in [0.15, 0.2) is 0 Å². The summed E-state index contributed by atoms with van der Waals surface area (Å²) < 4.78 is 30.9. The van der Waals surface area contributed by atoms with E-state index in [1.165, 1.54) is 257 Å². The molecule has 3 atom stereocenters. The van der Waals surface area contributed by atoms with E-state index in [0.717, 1.165) is 77.0 Å². The van der Waals surface area contributed by atoms with Gasteiger partial charge in [-0.1, -0.05) is 325 Å². The Morgan fingerprint density at radius 1 is 0.393 bits per heavy atom. The summed E-state index contributed by atoms with van der Waals surface area (Å²) in [4.78, 5) is 38.0. The van der Waals surface area contributed by atoms with E-state index in [1.807, 2.05) is 27.2 Å². The van der Waals surface area contributed by atoms with Gasteiger partial charge in [-0.15, -0.1) is 0 Å². The van der Waals surface area contributed by atoms with Crippen molar-refractivity contribution in [1.82, 2.24) is 5.32 Å². The van der Waals surface area contributed by atoms with Gasteiger partial charge in [0.2, 0.25) is 5.91 Å². The molecule has 2 N–H and O–H groups in total. The largest absolute Gasteiger partial charge is 0.472 e. The number of nitrogens with zero attached hydrogens (tertiary/aromatic N) is 1. The van der Waals surface area contributed by atoms with Crippen molar-refractivity contribution in [3.8, 4) is 0 Å². The summed E-state index contributed by atoms with van der Waals surface area (Å²) in [6.07, 6.45) is 90.6. The minimum Gasteiger partial charge on any atom is -0.456 e. The molecule has 0 bridgehead atoms. The van der Waals surface area contributed by atoms with E-state index in [0.29, 0.717) is 17.4 Å². The Morgan fingerprint density at radius 2 is 0.685 bits per heavy atom. The molecule has 0 saturated heterocycles. The number of allylic oxidation sites excluding steroid dienone is 11. The lowest BCUT2D eigenvalue weighted by molar-refractivity contribution is -0.870. The van der Waals surface area contributed by atoms with Gasteiger partial charge in [-0.05, 0) is 102 Å². The van der Waals surface area contributed by atoms with Gasteiger partial charge in [-0.3, -0.25) is 18.6 Å². The third kappa shape index (κ3) is 69.6. The summed E-state index contributed by atoms with van der Waals surface area (Å²) >= 11 is 0. The van der Waals surface area contributed by atoms with Crippen LogP contribution in [0.15, 0.2) is 72.9 Å². The van der Waals surface area contributed by atoms with Crippen LogP contribution in [0.2, 0.25) is 0 Å². The van der Waals surface area contributed by atoms with Gasteiger partial charge in [-0.2, -0.15) is 0 Å². The van der Waals surface area contributed by atoms with Gasteiger partial charge in [0.25, 0.3) is 0 Å². The summed E-state index contributed by atoms with van der Waals surface area (Å²) in [5, 5.41) is 3.08. The highest BCUT2D eigenvalue weighted by Crippen LogP contribution is 2.43. The second-order valence-corrected chi connectivity index (χ2v) is 28.6. The average Bonchev–Trinajstić information content (AvgIpc) is 3.54. The Bertz CT molecular complexity index is 1750. The molecule has 1 amide bonds. The molecule has 0 heterocycles. The Balaban J connectivity index is 5.01. The number of rotatable bonds is 70. The molecule has 0 spiro atoms. The maximum atomic E-state index is 13.7. The quantitative estimate of drug-likeness (QED) is 0.0205. The smallest absolute Gasteiger partial charge is 0.456 e. The fourth-order valence-electron chi connectivity index (χ4n) is 11.2. The lowest BCUT2D eigenvalue weighted by Crippen LogP contribution is -2.47. The molecule has 10 heteroatoms. The maximum absolute atomic E-state index is 13.7. The maximum Gasteiger partial charge on any atom is 0.472 e. The van der Waals surface area contributed by atoms with Gasteiger partial charge in [-0.25, -0.2) is 4.57 Å². The van der Waals surface area contributed by atoms with Crippen LogP contribution in [-0.2, 0) is 27.9 Å². The lowest BCUT2D eigenvalue weighted by Gasteiger charge is -2.27. The van der Waals surface area contributed by atoms with Gasteiger partial charge >= 0.3 is 13.8 Å². The second-order valence-electron chi connectivity index (χ2n) is 27.2. The molecule has 0 aromatic heterocycles. The molecule has 0 radical (unpaired) electrons. The molecule has 520 valence electrons. The number of phosphoric acid groups is 1. The summed E-state index contributed by atoms with van der Waals surface area (Å²) in [5.74, 6) is -0.493. The van der Waals surface area contributed by atoms with E-state index in [-0.39, 0.29) is 31.5 Å². The highest BCUT2D eigenvalue weighted by Gasteiger charge is 2.30. The number of hydrogen-bond acceptors (Lipinski definition) is 6. The van der Waals surface area contributed by atoms with Crippen LogP contribution in [0.1, 0.15) is 367 Å². The number of esters is 1. The van der Waals surface area contributed by atoms with E-state index in [1.54, 1.807) is 0 Å². The molecule has 0 aliphatic heterocycles. The zero-order chi connectivity index (χ0) is 64.9. The van der Waals surface area contributed by atoms with Crippen LogP contribution in [0.4, 0.5) is 0 Å². The molecule has 0 aromatic carbocycles. The van der Waals surface area contributed by atoms with Gasteiger partial charge in [0.05, 0.1) is 33.8 Å². The van der Waals surface area contributed by atoms with Gasteiger partial charge < -0.3 is 19.4 Å². The summed E-state index contributed by atoms with van der Waals surface area (Å²) in [6.45, 7) is 7.01. The number of carbonyl (C=O) groups excluding carboxylic acids is 2. The normalized spacial score (nSPS) is 13.8. The van der Waals surface area contributed by atoms with Crippen LogP contribution in [0.3, 0.4) is 0 Å². The summed E-state index contributed by atoms with van der Waals surface area (Å²) in [7, 11) is 1.50. The first-order valence-corrected chi connectivity index (χ1v) is 39.8. The fourth-order valence-corrected chi connectivity index (χ4v) is 12.0. The molecule has 0 rings (SSSR count). The molecule has 0 fully saturated rings. The molecule has 0 saturated carbocycles. The minimum atomic E-state index is -4.46. The standard InChI is InChI=1S/C79H147N2O7P/c1-7-10-13-16-19-22-25-28-30-32-34-36-38-40-42-44-46-48-50-53-56-59-62-65-68-71-78(82)80-76(75-87-89(84,85)86-74-73-81(4,5)6)77(70-67-64-61-58-55-52-27-24-21-18-15-12-9-3)88-79(83)72-69-66-63-60-57-54-51-49-47-45-43-41-39-37-35-33-31-29-26-23-20-17-14-11-8-2/h19-20,22-23,28-31,35,37,67,70,76-77H,7-18,21,24-27,32-34,36,38-66,68-69,71-75H2,1-6H3,(H-,80,82,84,85)/p+1/b22-19-,23-20-,30-28-,31-29-,37-35-,70-67+. The van der Waals surface area contributed by atoms with Crippen molar-refractivity contribution in [3.63, 3.8) is 0 Å². The van der Waals surface area contributed by atoms with E-state index in [9.17, 15) is 19.0 Å². The van der Waals surface area contributed by atoms with Crippen molar-refractivity contribution in [3.05, 3.63) is 72.9 Å². The van der Waals surface area contributed by atoms with Crippen molar-refractivity contribution < 1.29 is 37.3 Å². The number of phosphoric ester groups is 1. The zero-order valence-corrected chi connectivity index (χ0v) is 60.6. The minimum absolute atomic E-state index is 0.0398. The molecule has 0 aromatic rings. The molecule has 0 aliphatic carbocycles. The van der Waals surface area contributed by atoms with Crippen molar-refractivity contribution >= 4 is 19.7 Å². The highest BCUT2D eigenvalue weighted by molar-refractivity contribution is 7.47. The predicted octanol–water partition coefficient (Wildman–Crippen LogP) is 24.7. The molecule has 9 nitrogen and oxygen atoms in total. The van der Waals surface area contributed by atoms with Crippen LogP contribution in [0.25, 0.3) is 0 Å². The van der Waals surface area contributed by atoms with Crippen molar-refractivity contribution in [2.24, 2.45) is 0 Å². The molecular weight excluding hydrogens is 1120 g/mol. The van der Waals surface area contributed by atoms with Crippen LogP contribution in [0.5, 0.6) is 0 Å². The van der Waals surface area contributed by atoms with E-state index in [2.05, 4.69) is 92.9 Å². The lowest BCUT2D eigenvalue weighted by atomic mass is 10.0. The third-order valence-corrected chi connectivity index (χ3v) is 18.1. The highest BCUT2D eigenvalue weighted by atomic mass is 31.2. The number of likely N-dealkylation sites (N-methyl/N-ethyl adjacent to an activating group) is 1. The third-order valence-electron chi connectivity index (χ3n) is 17.1. The van der Waals surface area contributed by atoms with E-state index < -0.39 is 20.0 Å². The number of carbonyl (C=O) groups is 2. The predicted molar refractivity (Wildman–Crippen MR) is 388 cm³/mol. The van der Waals surface area contributed by atoms with Crippen LogP contribution in [0, 0.1) is 0 Å². The van der Waals surface area contributed by atoms with Crippen LogP contribution in [-0.4, -0.2) is 74.3 Å². The first-order valence-electron chi connectivity index (χ1n) is 38.3. The van der Waals surface area contributed by atoms with Crippen molar-refractivity contribution in [2.75, 3.05) is 40.9 Å². The Morgan fingerprint density at radius 3 is 1.04 bits per heavy atom. The van der Waals surface area contributed by atoms with E-state index in [4.69, 9.17) is 13.8 Å². The Kier molecular flexibility index (Phi) is 66.4. The number of ether oxygens (including phenoxy) is 1. The second kappa shape index (κ2) is 68.3. The number of unbranched alkanes of at least 4 members (excludes halogenated alkanes) is 44. The van der Waals surface area contributed by atoms with Crippen molar-refractivity contribution in [1.29, 1.82) is 0 Å². The van der Waals surface area contributed by atoms with Crippen LogP contribution >= 0.6 is 7.82 Å². The van der Waals surface area contributed by atoms with Gasteiger partial charge in [0, 0.05) is 12.8 Å². The topological polar surface area (TPSA) is 111 Å². The zero-order valence-electron chi connectivity index (χ0n) is 59.7. The number of nitrogens with one attached hydrogen (secondary N) is 1. The first kappa shape index (κ1) is 86.5. The molecule has 89 heavy (non-hydrogen) atoms. The average molecular weight is 1270 g/mol. The SMILES string of the molecule is CCCCC/C=C\C/C=C\C/C=C\CCCCCCCCCCCCCCC(=O)OC(/C=C/CCCCCCCCCCCCC)C(COP(=O)(O)OCC[N+](C)(C)C)NC(=O)CCCCCCCCCCCCCCCCC/C=C\C/C=C\CCCCC. The molecule has 0 aliphatic rings. The van der Waals surface area contributed by atoms with E-state index >= 15 is 0 Å². The van der Waals surface area contributed by atoms with Crippen LogP contribution < -0.4 is 5.32 Å². The van der Waals surface area contributed by atoms with Gasteiger partial charge in [0.1, 0.15) is 19.3 Å². The molecule has 3 unspecified atom stereocenters. The Hall–Kier alpha value is -2.55. The summed E-state index contributed by atoms with van der Waals surface area (Å²) in [6, 6.07) is -0.852. The number of amides is 1. The Labute approximate surface area is 553 Å². The monoisotopic (exact) mass is 1270 g/mol. The summed E-state index contributed by atoms with van der Waals surface area (Å²) in [5.41, 5.74) is 0. The van der Waals surface area contributed by atoms with Crippen molar-refractivity contribution in [2.45, 2.75) is 380 Å². The molecular formula is C79H148N2O7P+.